The second-order valence-corrected chi connectivity index (χ2v) is 2.45. The van der Waals surface area contributed by atoms with Crippen LogP contribution in [0.3, 0.4) is 0 Å². The molecular formula is C6H12N2O2. The molecule has 0 radical (unpaired) electrons. The number of amides is 1. The van der Waals surface area contributed by atoms with Crippen molar-refractivity contribution in [1.29, 1.82) is 0 Å². The maximum absolute atomic E-state index is 11.1. The van der Waals surface area contributed by atoms with Crippen LogP contribution in [0.15, 0.2) is 0 Å². The molecule has 0 bridgehead atoms. The van der Waals surface area contributed by atoms with Crippen molar-refractivity contribution in [3.05, 3.63) is 0 Å². The van der Waals surface area contributed by atoms with E-state index in [2.05, 4.69) is 0 Å². The summed E-state index contributed by atoms with van der Waals surface area (Å²) >= 11 is 0. The van der Waals surface area contributed by atoms with E-state index in [0.717, 1.165) is 6.42 Å². The second-order valence-electron chi connectivity index (χ2n) is 2.45. The van der Waals surface area contributed by atoms with Crippen molar-refractivity contribution in [2.75, 3.05) is 19.8 Å². The van der Waals surface area contributed by atoms with Crippen LogP contribution in [0, 0.1) is 5.92 Å². The number of hydrogen-bond donors (Lipinski definition) is 2. The molecule has 1 unspecified atom stereocenters. The van der Waals surface area contributed by atoms with E-state index in [4.69, 9.17) is 10.8 Å². The Morgan fingerprint density at radius 3 is 2.80 bits per heavy atom. The van der Waals surface area contributed by atoms with Gasteiger partial charge in [-0.2, -0.15) is 0 Å². The largest absolute Gasteiger partial charge is 0.396 e. The normalized spacial score (nSPS) is 26.0. The molecule has 0 spiro atoms. The number of nitrogens with two attached hydrogens (primary N) is 1. The van der Waals surface area contributed by atoms with Gasteiger partial charge in [-0.1, -0.05) is 0 Å². The van der Waals surface area contributed by atoms with Crippen molar-refractivity contribution in [3.63, 3.8) is 0 Å². The highest BCUT2D eigenvalue weighted by atomic mass is 16.3. The smallest absolute Gasteiger partial charge is 0.229 e. The molecule has 1 saturated heterocycles. The predicted molar refractivity (Wildman–Crippen MR) is 36.0 cm³/mol. The van der Waals surface area contributed by atoms with E-state index in [9.17, 15) is 4.79 Å². The van der Waals surface area contributed by atoms with Gasteiger partial charge in [0.05, 0.1) is 19.2 Å². The Labute approximate surface area is 59.6 Å². The number of rotatable bonds is 2. The maximum Gasteiger partial charge on any atom is 0.229 e. The number of hydrogen-bond acceptors (Lipinski definition) is 3. The average molecular weight is 144 g/mol. The van der Waals surface area contributed by atoms with E-state index in [1.54, 1.807) is 4.90 Å². The predicted octanol–water partition coefficient (Wildman–Crippen LogP) is -1.26. The summed E-state index contributed by atoms with van der Waals surface area (Å²) in [7, 11) is 0. The van der Waals surface area contributed by atoms with Gasteiger partial charge >= 0.3 is 0 Å². The molecule has 1 aliphatic heterocycles. The summed E-state index contributed by atoms with van der Waals surface area (Å²) in [5.74, 6) is -0.200. The molecule has 1 amide bonds. The SMILES string of the molecule is NCN1CCC(CO)C1=O. The third-order valence-corrected chi connectivity index (χ3v) is 1.85. The van der Waals surface area contributed by atoms with E-state index in [1.165, 1.54) is 0 Å². The van der Waals surface area contributed by atoms with Crippen LogP contribution in [-0.4, -0.2) is 35.7 Å². The molecule has 3 N–H and O–H groups in total. The van der Waals surface area contributed by atoms with Crippen LogP contribution >= 0.6 is 0 Å². The first-order chi connectivity index (χ1) is 4.79. The second kappa shape index (κ2) is 2.98. The number of carbonyl (C=O) groups excluding carboxylic acids is 1. The van der Waals surface area contributed by atoms with Gasteiger partial charge in [0, 0.05) is 6.54 Å². The van der Waals surface area contributed by atoms with Crippen LogP contribution < -0.4 is 5.73 Å². The summed E-state index contributed by atoms with van der Waals surface area (Å²) in [6, 6.07) is 0. The molecule has 1 heterocycles. The molecule has 1 rings (SSSR count). The fraction of sp³-hybridized carbons (Fsp3) is 0.833. The molecule has 0 aliphatic carbocycles. The molecule has 4 nitrogen and oxygen atoms in total. The number of aliphatic hydroxyl groups excluding tert-OH is 1. The molecule has 0 aromatic heterocycles. The van der Waals surface area contributed by atoms with Gasteiger partial charge in [0.2, 0.25) is 5.91 Å². The summed E-state index contributed by atoms with van der Waals surface area (Å²) < 4.78 is 0. The Morgan fingerprint density at radius 1 is 1.80 bits per heavy atom. The Morgan fingerprint density at radius 2 is 2.50 bits per heavy atom. The molecule has 0 aromatic rings. The van der Waals surface area contributed by atoms with Crippen molar-refractivity contribution in [2.45, 2.75) is 6.42 Å². The maximum atomic E-state index is 11.1. The lowest BCUT2D eigenvalue weighted by Gasteiger charge is -2.11. The fourth-order valence-electron chi connectivity index (χ4n) is 1.15. The van der Waals surface area contributed by atoms with Crippen molar-refractivity contribution in [2.24, 2.45) is 11.7 Å². The topological polar surface area (TPSA) is 66.6 Å². The van der Waals surface area contributed by atoms with Crippen LogP contribution in [0.2, 0.25) is 0 Å². The monoisotopic (exact) mass is 144 g/mol. The molecule has 58 valence electrons. The highest BCUT2D eigenvalue weighted by Gasteiger charge is 2.29. The zero-order valence-corrected chi connectivity index (χ0v) is 5.79. The standard InChI is InChI=1S/C6H12N2O2/c7-4-8-2-1-5(3-9)6(8)10/h5,9H,1-4,7H2. The van der Waals surface area contributed by atoms with Gasteiger partial charge in [0.1, 0.15) is 0 Å². The van der Waals surface area contributed by atoms with Gasteiger partial charge in [-0.25, -0.2) is 0 Å². The summed E-state index contributed by atoms with van der Waals surface area (Å²) in [5.41, 5.74) is 5.26. The molecule has 0 saturated carbocycles. The van der Waals surface area contributed by atoms with Gasteiger partial charge in [-0.3, -0.25) is 4.79 Å². The Kier molecular flexibility index (Phi) is 2.24. The lowest BCUT2D eigenvalue weighted by atomic mass is 10.1. The lowest BCUT2D eigenvalue weighted by molar-refractivity contribution is -0.131. The number of aliphatic hydroxyl groups is 1. The molecule has 4 heteroatoms. The van der Waals surface area contributed by atoms with Crippen molar-refractivity contribution in [1.82, 2.24) is 4.90 Å². The molecule has 1 aliphatic rings. The Hall–Kier alpha value is -0.610. The minimum absolute atomic E-state index is 0.00926. The molecule has 1 atom stereocenters. The van der Waals surface area contributed by atoms with E-state index in [-0.39, 0.29) is 25.1 Å². The van der Waals surface area contributed by atoms with E-state index in [1.807, 2.05) is 0 Å². The van der Waals surface area contributed by atoms with E-state index in [0.29, 0.717) is 6.54 Å². The molecule has 1 fully saturated rings. The van der Waals surface area contributed by atoms with Gasteiger partial charge < -0.3 is 15.7 Å². The quantitative estimate of drug-likeness (QED) is 0.508. The minimum atomic E-state index is -0.191. The van der Waals surface area contributed by atoms with Crippen LogP contribution in [0.1, 0.15) is 6.42 Å². The molecule has 10 heavy (non-hydrogen) atoms. The summed E-state index contributed by atoms with van der Waals surface area (Å²) in [5, 5.41) is 8.66. The van der Waals surface area contributed by atoms with Crippen LogP contribution in [-0.2, 0) is 4.79 Å². The summed E-state index contributed by atoms with van der Waals surface area (Å²) in [6.07, 6.45) is 0.743. The first kappa shape index (κ1) is 7.50. The number of likely N-dealkylation sites (tertiary alicyclic amines) is 1. The van der Waals surface area contributed by atoms with Gasteiger partial charge in [-0.05, 0) is 6.42 Å². The Bertz CT molecular complexity index is 124. The summed E-state index contributed by atoms with van der Waals surface area (Å²) in [6.45, 7) is 0.922. The van der Waals surface area contributed by atoms with E-state index >= 15 is 0 Å². The van der Waals surface area contributed by atoms with Crippen molar-refractivity contribution >= 4 is 5.91 Å². The summed E-state index contributed by atoms with van der Waals surface area (Å²) in [4.78, 5) is 12.6. The van der Waals surface area contributed by atoms with Gasteiger partial charge in [0.25, 0.3) is 0 Å². The third kappa shape index (κ3) is 1.12. The zero-order chi connectivity index (χ0) is 7.56. The van der Waals surface area contributed by atoms with E-state index < -0.39 is 0 Å². The Balaban J connectivity index is 2.49. The lowest BCUT2D eigenvalue weighted by Crippen LogP contribution is -2.33. The van der Waals surface area contributed by atoms with Crippen LogP contribution in [0.4, 0.5) is 0 Å². The van der Waals surface area contributed by atoms with Crippen LogP contribution in [0.25, 0.3) is 0 Å². The number of carbonyl (C=O) groups is 1. The third-order valence-electron chi connectivity index (χ3n) is 1.85. The van der Waals surface area contributed by atoms with Crippen molar-refractivity contribution < 1.29 is 9.90 Å². The molecule has 0 aromatic carbocycles. The van der Waals surface area contributed by atoms with Gasteiger partial charge in [-0.15, -0.1) is 0 Å². The number of nitrogens with zero attached hydrogens (tertiary/aromatic N) is 1. The fourth-order valence-corrected chi connectivity index (χ4v) is 1.15. The van der Waals surface area contributed by atoms with Crippen molar-refractivity contribution in [3.8, 4) is 0 Å². The zero-order valence-electron chi connectivity index (χ0n) is 5.79. The first-order valence-electron chi connectivity index (χ1n) is 3.39. The highest BCUT2D eigenvalue weighted by Crippen LogP contribution is 2.15. The first-order valence-corrected chi connectivity index (χ1v) is 3.39. The molecular weight excluding hydrogens is 132 g/mol. The average Bonchev–Trinajstić information content (AvgIpc) is 2.30. The minimum Gasteiger partial charge on any atom is -0.396 e. The van der Waals surface area contributed by atoms with Crippen LogP contribution in [0.5, 0.6) is 0 Å². The highest BCUT2D eigenvalue weighted by molar-refractivity contribution is 5.80. The van der Waals surface area contributed by atoms with Gasteiger partial charge in [0.15, 0.2) is 0 Å².